The summed E-state index contributed by atoms with van der Waals surface area (Å²) in [7, 11) is 5.73. The molecule has 1 unspecified atom stereocenters. The third-order valence-electron chi connectivity index (χ3n) is 3.21. The van der Waals surface area contributed by atoms with Crippen molar-refractivity contribution in [2.24, 2.45) is 0 Å². The first-order valence-electron chi connectivity index (χ1n) is 7.00. The molecule has 0 radical (unpaired) electrons. The number of ether oxygens (including phenoxy) is 1. The first-order chi connectivity index (χ1) is 10.2. The van der Waals surface area contributed by atoms with E-state index < -0.39 is 0 Å². The van der Waals surface area contributed by atoms with E-state index in [1.165, 1.54) is 6.33 Å². The number of rotatable bonds is 8. The highest BCUT2D eigenvalue weighted by Crippen LogP contribution is 2.28. The van der Waals surface area contributed by atoms with Gasteiger partial charge in [0.15, 0.2) is 5.75 Å². The maximum Gasteiger partial charge on any atom is 0.162 e. The Morgan fingerprint density at radius 1 is 1.48 bits per heavy atom. The predicted octanol–water partition coefficient (Wildman–Crippen LogP) is 0.270. The highest BCUT2D eigenvalue weighted by atomic mass is 16.5. The van der Waals surface area contributed by atoms with Gasteiger partial charge in [0.25, 0.3) is 0 Å². The van der Waals surface area contributed by atoms with Crippen molar-refractivity contribution in [3.8, 4) is 5.75 Å². The second-order valence-electron chi connectivity index (χ2n) is 4.99. The fourth-order valence-corrected chi connectivity index (χ4v) is 2.18. The van der Waals surface area contributed by atoms with Gasteiger partial charge in [-0.05, 0) is 20.6 Å². The van der Waals surface area contributed by atoms with Crippen LogP contribution in [0.3, 0.4) is 0 Å². The van der Waals surface area contributed by atoms with Crippen LogP contribution in [-0.2, 0) is 6.54 Å². The maximum atomic E-state index is 5.46. The standard InChI is InChI=1S/C13H23N7O/c1-5-14-11(13-15-9-16-18-13)12-10(21-4)8-17-20(12)7-6-19(2)3/h8-9,11,14H,5-7H2,1-4H3,(H,15,16,18). The normalized spacial score (nSPS) is 12.8. The van der Waals surface area contributed by atoms with Crippen molar-refractivity contribution >= 4 is 0 Å². The molecule has 2 rings (SSSR count). The Morgan fingerprint density at radius 3 is 2.86 bits per heavy atom. The minimum Gasteiger partial charge on any atom is -0.493 e. The average molecular weight is 293 g/mol. The molecule has 0 saturated heterocycles. The molecule has 2 N–H and O–H groups in total. The fraction of sp³-hybridized carbons (Fsp3) is 0.615. The summed E-state index contributed by atoms with van der Waals surface area (Å²) in [5.74, 6) is 1.50. The van der Waals surface area contributed by atoms with Crippen molar-refractivity contribution in [2.45, 2.75) is 19.5 Å². The first-order valence-corrected chi connectivity index (χ1v) is 7.00. The van der Waals surface area contributed by atoms with Crippen LogP contribution >= 0.6 is 0 Å². The second kappa shape index (κ2) is 7.19. The Hall–Kier alpha value is -1.93. The van der Waals surface area contributed by atoms with E-state index in [1.807, 2.05) is 18.8 Å². The largest absolute Gasteiger partial charge is 0.493 e. The average Bonchev–Trinajstić information content (AvgIpc) is 3.11. The number of aromatic nitrogens is 5. The maximum absolute atomic E-state index is 5.46. The molecule has 1 atom stereocenters. The zero-order valence-electron chi connectivity index (χ0n) is 13.0. The van der Waals surface area contributed by atoms with Crippen molar-refractivity contribution < 1.29 is 4.74 Å². The van der Waals surface area contributed by atoms with E-state index in [4.69, 9.17) is 4.74 Å². The molecule has 8 heteroatoms. The van der Waals surface area contributed by atoms with Crippen LogP contribution in [0.4, 0.5) is 0 Å². The van der Waals surface area contributed by atoms with Gasteiger partial charge < -0.3 is 15.0 Å². The molecular weight excluding hydrogens is 270 g/mol. The molecule has 2 aromatic heterocycles. The predicted molar refractivity (Wildman–Crippen MR) is 79.2 cm³/mol. The van der Waals surface area contributed by atoms with Crippen LogP contribution in [0.15, 0.2) is 12.5 Å². The van der Waals surface area contributed by atoms with Crippen LogP contribution in [0.5, 0.6) is 5.75 Å². The summed E-state index contributed by atoms with van der Waals surface area (Å²) in [4.78, 5) is 6.39. The lowest BCUT2D eigenvalue weighted by molar-refractivity contribution is 0.358. The second-order valence-corrected chi connectivity index (χ2v) is 4.99. The van der Waals surface area contributed by atoms with Crippen molar-refractivity contribution in [1.29, 1.82) is 0 Å². The molecule has 0 bridgehead atoms. The number of hydrogen-bond donors (Lipinski definition) is 2. The summed E-state index contributed by atoms with van der Waals surface area (Å²) < 4.78 is 7.41. The monoisotopic (exact) mass is 293 g/mol. The van der Waals surface area contributed by atoms with Gasteiger partial charge in [-0.3, -0.25) is 9.78 Å². The smallest absolute Gasteiger partial charge is 0.162 e. The zero-order chi connectivity index (χ0) is 15.2. The van der Waals surface area contributed by atoms with Crippen molar-refractivity contribution in [3.05, 3.63) is 24.0 Å². The highest BCUT2D eigenvalue weighted by Gasteiger charge is 2.25. The van der Waals surface area contributed by atoms with E-state index in [1.54, 1.807) is 13.3 Å². The van der Waals surface area contributed by atoms with Gasteiger partial charge in [-0.15, -0.1) is 0 Å². The Morgan fingerprint density at radius 2 is 2.29 bits per heavy atom. The third kappa shape index (κ3) is 3.59. The Kier molecular flexibility index (Phi) is 5.29. The molecule has 8 nitrogen and oxygen atoms in total. The van der Waals surface area contributed by atoms with E-state index >= 15 is 0 Å². The lowest BCUT2D eigenvalue weighted by atomic mass is 10.1. The summed E-state index contributed by atoms with van der Waals surface area (Å²) in [6, 6.07) is -0.128. The number of aromatic amines is 1. The molecule has 0 aliphatic heterocycles. The summed E-state index contributed by atoms with van der Waals surface area (Å²) >= 11 is 0. The van der Waals surface area contributed by atoms with Crippen LogP contribution in [0, 0.1) is 0 Å². The van der Waals surface area contributed by atoms with Gasteiger partial charge in [-0.1, -0.05) is 6.92 Å². The van der Waals surface area contributed by atoms with E-state index in [-0.39, 0.29) is 6.04 Å². The summed E-state index contributed by atoms with van der Waals surface area (Å²) in [6.45, 7) is 4.53. The van der Waals surface area contributed by atoms with Crippen molar-refractivity contribution in [3.63, 3.8) is 0 Å². The Balaban J connectivity index is 2.35. The van der Waals surface area contributed by atoms with Gasteiger partial charge >= 0.3 is 0 Å². The highest BCUT2D eigenvalue weighted by molar-refractivity contribution is 5.32. The van der Waals surface area contributed by atoms with Crippen LogP contribution in [0.2, 0.25) is 0 Å². The van der Waals surface area contributed by atoms with E-state index in [2.05, 4.69) is 37.4 Å². The van der Waals surface area contributed by atoms with E-state index in [0.717, 1.165) is 36.9 Å². The molecule has 0 saturated carbocycles. The molecule has 116 valence electrons. The molecule has 0 aliphatic rings. The van der Waals surface area contributed by atoms with Gasteiger partial charge in [0.2, 0.25) is 0 Å². The Bertz CT molecular complexity index is 535. The number of nitrogens with one attached hydrogen (secondary N) is 2. The number of likely N-dealkylation sites (N-methyl/N-ethyl adjacent to an activating group) is 1. The number of methoxy groups -OCH3 is 1. The van der Waals surface area contributed by atoms with Crippen LogP contribution in [-0.4, -0.2) is 64.2 Å². The van der Waals surface area contributed by atoms with Crippen molar-refractivity contribution in [1.82, 2.24) is 35.2 Å². The molecule has 0 aliphatic carbocycles. The van der Waals surface area contributed by atoms with Crippen LogP contribution < -0.4 is 10.1 Å². The summed E-state index contributed by atoms with van der Waals surface area (Å²) in [5, 5.41) is 14.7. The molecular formula is C13H23N7O. The van der Waals surface area contributed by atoms with E-state index in [0.29, 0.717) is 0 Å². The summed E-state index contributed by atoms with van der Waals surface area (Å²) in [5.41, 5.74) is 0.956. The number of H-pyrrole nitrogens is 1. The molecule has 2 heterocycles. The van der Waals surface area contributed by atoms with Crippen molar-refractivity contribution in [2.75, 3.05) is 34.3 Å². The lowest BCUT2D eigenvalue weighted by Crippen LogP contribution is -2.28. The van der Waals surface area contributed by atoms with Gasteiger partial charge in [0, 0.05) is 6.54 Å². The SMILES string of the molecule is CCNC(c1ncn[nH]1)c1c(OC)cnn1CCN(C)C. The van der Waals surface area contributed by atoms with Gasteiger partial charge in [-0.25, -0.2) is 4.98 Å². The molecule has 0 fully saturated rings. The quantitative estimate of drug-likeness (QED) is 0.727. The lowest BCUT2D eigenvalue weighted by Gasteiger charge is -2.19. The molecule has 0 amide bonds. The van der Waals surface area contributed by atoms with Gasteiger partial charge in [0.05, 0.1) is 19.9 Å². The van der Waals surface area contributed by atoms with Crippen LogP contribution in [0.1, 0.15) is 24.5 Å². The number of nitrogens with zero attached hydrogens (tertiary/aromatic N) is 5. The van der Waals surface area contributed by atoms with Crippen LogP contribution in [0.25, 0.3) is 0 Å². The Labute approximate surface area is 124 Å². The number of hydrogen-bond acceptors (Lipinski definition) is 6. The van der Waals surface area contributed by atoms with Gasteiger partial charge in [0.1, 0.15) is 23.9 Å². The zero-order valence-corrected chi connectivity index (χ0v) is 13.0. The molecule has 2 aromatic rings. The third-order valence-corrected chi connectivity index (χ3v) is 3.21. The molecule has 0 spiro atoms. The topological polar surface area (TPSA) is 83.9 Å². The molecule has 21 heavy (non-hydrogen) atoms. The first kappa shape index (κ1) is 15.5. The van der Waals surface area contributed by atoms with Gasteiger partial charge in [-0.2, -0.15) is 10.2 Å². The minimum atomic E-state index is -0.128. The summed E-state index contributed by atoms with van der Waals surface area (Å²) in [6.07, 6.45) is 3.25. The van der Waals surface area contributed by atoms with E-state index in [9.17, 15) is 0 Å². The fourth-order valence-electron chi connectivity index (χ4n) is 2.18. The molecule has 0 aromatic carbocycles. The minimum absolute atomic E-state index is 0.128.